The fourth-order valence-electron chi connectivity index (χ4n) is 1.46. The van der Waals surface area contributed by atoms with Crippen LogP contribution in [-0.4, -0.2) is 23.1 Å². The maximum absolute atomic E-state index is 8.86. The second kappa shape index (κ2) is 7.52. The zero-order valence-electron chi connectivity index (χ0n) is 10.0. The summed E-state index contributed by atoms with van der Waals surface area (Å²) in [4.78, 5) is 2.09. The molecule has 1 aromatic rings. The Labute approximate surface area is 102 Å². The minimum absolute atomic E-state index is 0.0528. The molecule has 0 fully saturated rings. The lowest BCUT2D eigenvalue weighted by Crippen LogP contribution is -2.16. The smallest absolute Gasteiger partial charge is 0.129 e. The molecule has 0 aliphatic carbocycles. The van der Waals surface area contributed by atoms with Crippen LogP contribution in [-0.2, 0) is 13.0 Å². The van der Waals surface area contributed by atoms with E-state index in [-0.39, 0.29) is 6.61 Å². The van der Waals surface area contributed by atoms with E-state index in [0.29, 0.717) is 12.2 Å². The summed E-state index contributed by atoms with van der Waals surface area (Å²) >= 11 is 0. The van der Waals surface area contributed by atoms with Gasteiger partial charge in [-0.05, 0) is 18.3 Å². The number of rotatable bonds is 8. The molecule has 0 bridgehead atoms. The van der Waals surface area contributed by atoms with Crippen LogP contribution in [0.3, 0.4) is 0 Å². The molecule has 0 saturated heterocycles. The molecule has 1 N–H and O–H groups in total. The summed E-state index contributed by atoms with van der Waals surface area (Å²) in [5.41, 5.74) is 0. The fourth-order valence-corrected chi connectivity index (χ4v) is 1.46. The van der Waals surface area contributed by atoms with E-state index in [1.165, 1.54) is 0 Å². The molecule has 0 aliphatic heterocycles. The molecule has 3 heteroatoms. The summed E-state index contributed by atoms with van der Waals surface area (Å²) in [6.07, 6.45) is 8.44. The van der Waals surface area contributed by atoms with E-state index >= 15 is 0 Å². The van der Waals surface area contributed by atoms with Gasteiger partial charge in [-0.2, -0.15) is 0 Å². The van der Waals surface area contributed by atoms with Gasteiger partial charge in [-0.1, -0.05) is 18.2 Å². The van der Waals surface area contributed by atoms with Crippen molar-refractivity contribution in [1.82, 2.24) is 4.90 Å². The Balaban J connectivity index is 2.46. The van der Waals surface area contributed by atoms with Gasteiger partial charge in [0.25, 0.3) is 0 Å². The van der Waals surface area contributed by atoms with Crippen LogP contribution in [0.2, 0.25) is 0 Å². The highest BCUT2D eigenvalue weighted by molar-refractivity contribution is 5.09. The molecular formula is C14H19NO2. The van der Waals surface area contributed by atoms with E-state index in [1.54, 1.807) is 6.07 Å². The van der Waals surface area contributed by atoms with Crippen LogP contribution in [0.1, 0.15) is 11.5 Å². The van der Waals surface area contributed by atoms with Crippen LogP contribution in [0.4, 0.5) is 0 Å². The summed E-state index contributed by atoms with van der Waals surface area (Å²) in [5, 5.41) is 8.86. The summed E-state index contributed by atoms with van der Waals surface area (Å²) in [5.74, 6) is 1.45. The van der Waals surface area contributed by atoms with Crippen LogP contribution in [0.5, 0.6) is 0 Å². The van der Waals surface area contributed by atoms with Gasteiger partial charge in [0.1, 0.15) is 18.1 Å². The molecule has 0 aliphatic rings. The van der Waals surface area contributed by atoms with Gasteiger partial charge in [0, 0.05) is 19.5 Å². The first-order valence-corrected chi connectivity index (χ1v) is 5.61. The second-order valence-electron chi connectivity index (χ2n) is 3.65. The molecule has 0 radical (unpaired) electrons. The van der Waals surface area contributed by atoms with E-state index < -0.39 is 0 Å². The summed E-state index contributed by atoms with van der Waals surface area (Å²) in [7, 11) is 0. The molecule has 1 rings (SSSR count). The van der Waals surface area contributed by atoms with Gasteiger partial charge in [-0.25, -0.2) is 0 Å². The van der Waals surface area contributed by atoms with Crippen molar-refractivity contribution in [3.8, 4) is 0 Å². The van der Waals surface area contributed by atoms with Crippen LogP contribution in [0.15, 0.2) is 54.1 Å². The molecular weight excluding hydrogens is 214 g/mol. The number of nitrogens with zero attached hydrogens (tertiary/aromatic N) is 1. The summed E-state index contributed by atoms with van der Waals surface area (Å²) in [6.45, 7) is 8.95. The number of aliphatic hydroxyl groups is 1. The predicted molar refractivity (Wildman–Crippen MR) is 69.4 cm³/mol. The lowest BCUT2D eigenvalue weighted by Gasteiger charge is -2.15. The van der Waals surface area contributed by atoms with Crippen molar-refractivity contribution < 1.29 is 9.52 Å². The predicted octanol–water partition coefficient (Wildman–Crippen LogP) is 2.50. The molecule has 17 heavy (non-hydrogen) atoms. The number of hydrogen-bond acceptors (Lipinski definition) is 3. The Bertz CT molecular complexity index is 369. The highest BCUT2D eigenvalue weighted by Crippen LogP contribution is 2.08. The van der Waals surface area contributed by atoms with Crippen LogP contribution < -0.4 is 0 Å². The van der Waals surface area contributed by atoms with E-state index in [4.69, 9.17) is 9.52 Å². The van der Waals surface area contributed by atoms with Gasteiger partial charge < -0.3 is 14.4 Å². The number of aliphatic hydroxyl groups excluding tert-OH is 1. The Morgan fingerprint density at radius 3 is 2.35 bits per heavy atom. The van der Waals surface area contributed by atoms with E-state index in [1.807, 2.05) is 30.5 Å². The summed E-state index contributed by atoms with van der Waals surface area (Å²) in [6, 6.07) is 3.66. The van der Waals surface area contributed by atoms with E-state index in [0.717, 1.165) is 18.8 Å². The lowest BCUT2D eigenvalue weighted by atomic mass is 10.3. The van der Waals surface area contributed by atoms with Gasteiger partial charge in [-0.15, -0.1) is 13.2 Å². The zero-order chi connectivity index (χ0) is 12.5. The van der Waals surface area contributed by atoms with Gasteiger partial charge in [0.15, 0.2) is 0 Å². The van der Waals surface area contributed by atoms with Crippen molar-refractivity contribution in [3.05, 3.63) is 61.2 Å². The standard InChI is InChI=1S/C14H19NO2/c1-3-9-15(10-4-2)11-5-6-13-7-8-14(12-16)17-13/h3-5,7-8,11,16H,1-2,6,9-10,12H2. The van der Waals surface area contributed by atoms with Gasteiger partial charge >= 0.3 is 0 Å². The van der Waals surface area contributed by atoms with E-state index in [2.05, 4.69) is 18.1 Å². The first-order valence-electron chi connectivity index (χ1n) is 5.61. The van der Waals surface area contributed by atoms with Gasteiger partial charge in [0.2, 0.25) is 0 Å². The number of allylic oxidation sites excluding steroid dienone is 1. The molecule has 1 heterocycles. The van der Waals surface area contributed by atoms with Crippen LogP contribution in [0, 0.1) is 0 Å². The third-order valence-electron chi connectivity index (χ3n) is 2.24. The maximum atomic E-state index is 8.86. The Morgan fingerprint density at radius 2 is 1.82 bits per heavy atom. The van der Waals surface area contributed by atoms with Crippen molar-refractivity contribution >= 4 is 0 Å². The molecule has 0 atom stereocenters. The van der Waals surface area contributed by atoms with Crippen LogP contribution >= 0.6 is 0 Å². The van der Waals surface area contributed by atoms with Crippen molar-refractivity contribution in [2.75, 3.05) is 13.1 Å². The topological polar surface area (TPSA) is 36.6 Å². The van der Waals surface area contributed by atoms with Gasteiger partial charge in [-0.3, -0.25) is 0 Å². The Kier molecular flexibility index (Phi) is 5.89. The summed E-state index contributed by atoms with van der Waals surface area (Å²) < 4.78 is 5.37. The molecule has 0 amide bonds. The first kappa shape index (κ1) is 13.3. The molecule has 0 unspecified atom stereocenters. The van der Waals surface area contributed by atoms with Crippen LogP contribution in [0.25, 0.3) is 0 Å². The normalized spacial score (nSPS) is 10.6. The van der Waals surface area contributed by atoms with Crippen molar-refractivity contribution in [2.24, 2.45) is 0 Å². The minimum atomic E-state index is -0.0528. The highest BCUT2D eigenvalue weighted by atomic mass is 16.4. The minimum Gasteiger partial charge on any atom is -0.463 e. The average molecular weight is 233 g/mol. The maximum Gasteiger partial charge on any atom is 0.129 e. The second-order valence-corrected chi connectivity index (χ2v) is 3.65. The van der Waals surface area contributed by atoms with Crippen molar-refractivity contribution in [1.29, 1.82) is 0 Å². The third-order valence-corrected chi connectivity index (χ3v) is 2.24. The zero-order valence-corrected chi connectivity index (χ0v) is 10.0. The average Bonchev–Trinajstić information content (AvgIpc) is 2.77. The van der Waals surface area contributed by atoms with Crippen molar-refractivity contribution in [3.63, 3.8) is 0 Å². The highest BCUT2D eigenvalue weighted by Gasteiger charge is 1.98. The SMILES string of the molecule is C=CCN(C=CCc1ccc(CO)o1)CC=C. The molecule has 3 nitrogen and oxygen atoms in total. The Hall–Kier alpha value is -1.74. The fraction of sp³-hybridized carbons (Fsp3) is 0.286. The quantitative estimate of drug-likeness (QED) is 0.701. The largest absolute Gasteiger partial charge is 0.463 e. The molecule has 1 aromatic heterocycles. The molecule has 0 spiro atoms. The van der Waals surface area contributed by atoms with E-state index in [9.17, 15) is 0 Å². The molecule has 0 saturated carbocycles. The molecule has 92 valence electrons. The monoisotopic (exact) mass is 233 g/mol. The van der Waals surface area contributed by atoms with Gasteiger partial charge in [0.05, 0.1) is 0 Å². The first-order chi connectivity index (χ1) is 8.30. The lowest BCUT2D eigenvalue weighted by molar-refractivity contribution is 0.244. The number of furan rings is 1. The Morgan fingerprint density at radius 1 is 1.18 bits per heavy atom. The molecule has 0 aromatic carbocycles. The number of hydrogen-bond donors (Lipinski definition) is 1. The third kappa shape index (κ3) is 4.74. The van der Waals surface area contributed by atoms with Crippen molar-refractivity contribution in [2.45, 2.75) is 13.0 Å².